The van der Waals surface area contributed by atoms with Crippen molar-refractivity contribution in [2.45, 2.75) is 31.7 Å². The highest BCUT2D eigenvalue weighted by Gasteiger charge is 2.25. The second-order valence-electron chi connectivity index (χ2n) is 4.41. The molecule has 0 amide bonds. The van der Waals surface area contributed by atoms with E-state index in [1.165, 1.54) is 0 Å². The van der Waals surface area contributed by atoms with Crippen LogP contribution in [0, 0.1) is 12.8 Å². The monoisotopic (exact) mass is 307 g/mol. The Morgan fingerprint density at radius 3 is 2.47 bits per heavy atom. The zero-order valence-electron chi connectivity index (χ0n) is 10.9. The molecular formula is C11H17NO5S2. The van der Waals surface area contributed by atoms with E-state index in [1.54, 1.807) is 20.8 Å². The summed E-state index contributed by atoms with van der Waals surface area (Å²) < 4.78 is 26.7. The van der Waals surface area contributed by atoms with Crippen molar-refractivity contribution in [1.29, 1.82) is 0 Å². The van der Waals surface area contributed by atoms with Gasteiger partial charge in [0.1, 0.15) is 4.88 Å². The lowest BCUT2D eigenvalue weighted by Gasteiger charge is -2.19. The van der Waals surface area contributed by atoms with Gasteiger partial charge >= 0.3 is 5.97 Å². The van der Waals surface area contributed by atoms with Crippen LogP contribution in [0.4, 0.5) is 0 Å². The van der Waals surface area contributed by atoms with Crippen LogP contribution in [-0.2, 0) is 10.0 Å². The fourth-order valence-electron chi connectivity index (χ4n) is 1.42. The van der Waals surface area contributed by atoms with E-state index in [0.717, 1.165) is 17.4 Å². The number of hydrogen-bond donors (Lipinski definition) is 3. The summed E-state index contributed by atoms with van der Waals surface area (Å²) in [5.41, 5.74) is 0. The molecule has 19 heavy (non-hydrogen) atoms. The minimum atomic E-state index is -3.77. The quantitative estimate of drug-likeness (QED) is 0.729. The molecule has 0 saturated heterocycles. The number of carboxylic acids is 1. The maximum absolute atomic E-state index is 12.1. The van der Waals surface area contributed by atoms with E-state index in [-0.39, 0.29) is 22.3 Å². The first kappa shape index (κ1) is 16.1. The normalized spacial score (nSPS) is 15.2. The summed E-state index contributed by atoms with van der Waals surface area (Å²) in [6, 6.07) is 0.712. The van der Waals surface area contributed by atoms with Gasteiger partial charge in [-0.25, -0.2) is 17.9 Å². The molecule has 2 unspecified atom stereocenters. The molecular weight excluding hydrogens is 290 g/mol. The number of thiophene rings is 1. The molecule has 0 saturated carbocycles. The van der Waals surface area contributed by atoms with Crippen LogP contribution in [0.25, 0.3) is 0 Å². The second kappa shape index (κ2) is 6.00. The van der Waals surface area contributed by atoms with Crippen LogP contribution in [0.2, 0.25) is 0 Å². The van der Waals surface area contributed by atoms with Gasteiger partial charge < -0.3 is 10.2 Å². The number of hydrogen-bond acceptors (Lipinski definition) is 5. The van der Waals surface area contributed by atoms with E-state index in [2.05, 4.69) is 4.72 Å². The van der Waals surface area contributed by atoms with E-state index in [4.69, 9.17) is 10.2 Å². The molecule has 1 aromatic heterocycles. The molecule has 0 aliphatic rings. The summed E-state index contributed by atoms with van der Waals surface area (Å²) in [4.78, 5) is 11.2. The summed E-state index contributed by atoms with van der Waals surface area (Å²) in [7, 11) is -3.77. The van der Waals surface area contributed by atoms with Crippen molar-refractivity contribution in [2.75, 3.05) is 6.61 Å². The van der Waals surface area contributed by atoms with Crippen molar-refractivity contribution >= 4 is 27.3 Å². The van der Waals surface area contributed by atoms with E-state index >= 15 is 0 Å². The summed E-state index contributed by atoms with van der Waals surface area (Å²) >= 11 is 0.922. The maximum Gasteiger partial charge on any atom is 0.345 e. The zero-order chi connectivity index (χ0) is 14.8. The van der Waals surface area contributed by atoms with Crippen LogP contribution < -0.4 is 4.72 Å². The minimum absolute atomic E-state index is 0.0132. The topological polar surface area (TPSA) is 104 Å². The first-order valence-corrected chi connectivity index (χ1v) is 7.96. The fourth-order valence-corrected chi connectivity index (χ4v) is 4.20. The Labute approximate surface area is 116 Å². The lowest BCUT2D eigenvalue weighted by atomic mass is 10.1. The molecule has 2 atom stereocenters. The average molecular weight is 307 g/mol. The van der Waals surface area contributed by atoms with Crippen LogP contribution in [0.3, 0.4) is 0 Å². The molecule has 108 valence electrons. The van der Waals surface area contributed by atoms with Gasteiger partial charge in [-0.15, -0.1) is 11.3 Å². The van der Waals surface area contributed by atoms with Crippen LogP contribution in [0.15, 0.2) is 11.0 Å². The first-order valence-electron chi connectivity index (χ1n) is 5.66. The van der Waals surface area contributed by atoms with Gasteiger partial charge in [-0.3, -0.25) is 0 Å². The number of nitrogens with one attached hydrogen (secondary N) is 1. The van der Waals surface area contributed by atoms with Crippen LogP contribution in [-0.4, -0.2) is 37.2 Å². The number of aliphatic hydroxyl groups excluding tert-OH is 1. The molecule has 1 aromatic rings. The molecule has 8 heteroatoms. The molecule has 3 N–H and O–H groups in total. The predicted molar refractivity (Wildman–Crippen MR) is 72.0 cm³/mol. The fraction of sp³-hybridized carbons (Fsp3) is 0.545. The van der Waals surface area contributed by atoms with Crippen LogP contribution in [0.5, 0.6) is 0 Å². The SMILES string of the molecule is Cc1sc(C(=O)O)cc1S(=O)(=O)NC(C)C(C)CO. The van der Waals surface area contributed by atoms with Gasteiger partial charge in [-0.1, -0.05) is 6.92 Å². The first-order chi connectivity index (χ1) is 8.69. The van der Waals surface area contributed by atoms with Crippen molar-refractivity contribution in [3.8, 4) is 0 Å². The van der Waals surface area contributed by atoms with E-state index in [9.17, 15) is 13.2 Å². The molecule has 0 radical (unpaired) electrons. The van der Waals surface area contributed by atoms with E-state index < -0.39 is 22.0 Å². The molecule has 0 fully saturated rings. The van der Waals surface area contributed by atoms with E-state index in [1.807, 2.05) is 0 Å². The molecule has 0 aliphatic heterocycles. The largest absolute Gasteiger partial charge is 0.477 e. The van der Waals surface area contributed by atoms with Crippen molar-refractivity contribution in [3.05, 3.63) is 15.8 Å². The molecule has 0 spiro atoms. The summed E-state index contributed by atoms with van der Waals surface area (Å²) in [6.45, 7) is 4.80. The predicted octanol–water partition coefficient (Wildman–Crippen LogP) is 1.05. The zero-order valence-corrected chi connectivity index (χ0v) is 12.5. The molecule has 0 bridgehead atoms. The smallest absolute Gasteiger partial charge is 0.345 e. The van der Waals surface area contributed by atoms with Crippen molar-refractivity contribution in [2.24, 2.45) is 5.92 Å². The standard InChI is InChI=1S/C11H17NO5S2/c1-6(5-13)7(2)12-19(16,17)10-4-9(11(14)15)18-8(10)3/h4,6-7,12-13H,5H2,1-3H3,(H,14,15). The molecule has 1 rings (SSSR count). The van der Waals surface area contributed by atoms with Gasteiger partial charge in [-0.05, 0) is 25.8 Å². The molecule has 6 nitrogen and oxygen atoms in total. The van der Waals surface area contributed by atoms with Gasteiger partial charge in [-0.2, -0.15) is 0 Å². The Kier molecular flexibility index (Phi) is 5.08. The lowest BCUT2D eigenvalue weighted by Crippen LogP contribution is -2.38. The van der Waals surface area contributed by atoms with Gasteiger partial charge in [0.15, 0.2) is 0 Å². The number of aryl methyl sites for hydroxylation is 1. The van der Waals surface area contributed by atoms with Crippen LogP contribution >= 0.6 is 11.3 Å². The molecule has 1 heterocycles. The highest BCUT2D eigenvalue weighted by atomic mass is 32.2. The number of rotatable bonds is 6. The highest BCUT2D eigenvalue weighted by Crippen LogP contribution is 2.26. The Balaban J connectivity index is 3.04. The number of sulfonamides is 1. The van der Waals surface area contributed by atoms with Gasteiger partial charge in [0.2, 0.25) is 10.0 Å². The summed E-state index contributed by atoms with van der Waals surface area (Å²) in [6.07, 6.45) is 0. The number of aromatic carboxylic acids is 1. The third kappa shape index (κ3) is 3.75. The Hall–Kier alpha value is -0.960. The summed E-state index contributed by atoms with van der Waals surface area (Å²) in [5.74, 6) is -1.38. The molecule has 0 aliphatic carbocycles. The maximum atomic E-state index is 12.1. The number of carboxylic acid groups (broad SMARTS) is 1. The number of carbonyl (C=O) groups is 1. The third-order valence-electron chi connectivity index (χ3n) is 2.86. The minimum Gasteiger partial charge on any atom is -0.477 e. The highest BCUT2D eigenvalue weighted by molar-refractivity contribution is 7.89. The summed E-state index contributed by atoms with van der Waals surface area (Å²) in [5, 5.41) is 17.9. The second-order valence-corrected chi connectivity index (χ2v) is 7.34. The molecule has 0 aromatic carbocycles. The van der Waals surface area contributed by atoms with Gasteiger partial charge in [0.05, 0.1) is 4.90 Å². The Morgan fingerprint density at radius 1 is 1.47 bits per heavy atom. The van der Waals surface area contributed by atoms with Crippen molar-refractivity contribution < 1.29 is 23.4 Å². The van der Waals surface area contributed by atoms with Gasteiger partial charge in [0.25, 0.3) is 0 Å². The third-order valence-corrected chi connectivity index (χ3v) is 5.71. The number of aliphatic hydroxyl groups is 1. The Bertz CT molecular complexity index is 564. The van der Waals surface area contributed by atoms with Crippen molar-refractivity contribution in [3.63, 3.8) is 0 Å². The lowest BCUT2D eigenvalue weighted by molar-refractivity contribution is 0.0702. The van der Waals surface area contributed by atoms with E-state index in [0.29, 0.717) is 4.88 Å². The average Bonchev–Trinajstić information content (AvgIpc) is 2.70. The van der Waals surface area contributed by atoms with Gasteiger partial charge in [0, 0.05) is 17.5 Å². The van der Waals surface area contributed by atoms with Crippen LogP contribution in [0.1, 0.15) is 28.4 Å². The Morgan fingerprint density at radius 2 is 2.05 bits per heavy atom. The van der Waals surface area contributed by atoms with Crippen molar-refractivity contribution in [1.82, 2.24) is 4.72 Å².